The van der Waals surface area contributed by atoms with Crippen LogP contribution in [0.25, 0.3) is 11.4 Å². The highest BCUT2D eigenvalue weighted by Gasteiger charge is 2.52. The number of carbonyl (C=O) groups is 3. The molecular formula is C21H26N6O3. The van der Waals surface area contributed by atoms with Gasteiger partial charge in [-0.1, -0.05) is 38.8 Å². The van der Waals surface area contributed by atoms with E-state index in [-0.39, 0.29) is 30.7 Å². The second kappa shape index (κ2) is 7.89. The summed E-state index contributed by atoms with van der Waals surface area (Å²) in [6.45, 7) is 4.09. The number of nitrogens with zero attached hydrogens (tertiary/aromatic N) is 3. The first kappa shape index (κ1) is 20.1. The van der Waals surface area contributed by atoms with Crippen LogP contribution in [0.2, 0.25) is 0 Å². The number of hydrogen-bond acceptors (Lipinski definition) is 5. The predicted molar refractivity (Wildman–Crippen MR) is 111 cm³/mol. The molecule has 9 heteroatoms. The fraction of sp³-hybridized carbons (Fsp3) is 0.476. The Hall–Kier alpha value is -3.23. The van der Waals surface area contributed by atoms with Crippen molar-refractivity contribution < 1.29 is 14.4 Å². The van der Waals surface area contributed by atoms with Gasteiger partial charge in [-0.2, -0.15) is 5.10 Å². The third-order valence-corrected chi connectivity index (χ3v) is 5.76. The van der Waals surface area contributed by atoms with Gasteiger partial charge < -0.3 is 10.6 Å². The van der Waals surface area contributed by atoms with Gasteiger partial charge in [0, 0.05) is 24.4 Å². The van der Waals surface area contributed by atoms with Crippen LogP contribution in [-0.4, -0.2) is 50.0 Å². The quantitative estimate of drug-likeness (QED) is 0.633. The number of benzene rings is 1. The number of nitrogens with one attached hydrogen (secondary N) is 3. The highest BCUT2D eigenvalue weighted by Crippen LogP contribution is 2.35. The zero-order chi connectivity index (χ0) is 21.3. The molecule has 2 aliphatic rings. The number of rotatable bonds is 6. The van der Waals surface area contributed by atoms with Crippen molar-refractivity contribution in [1.29, 1.82) is 0 Å². The monoisotopic (exact) mass is 410 g/mol. The zero-order valence-corrected chi connectivity index (χ0v) is 17.2. The lowest BCUT2D eigenvalue weighted by molar-refractivity contribution is -0.131. The molecular weight excluding hydrogens is 384 g/mol. The number of aromatic nitrogens is 3. The van der Waals surface area contributed by atoms with Crippen LogP contribution in [0.3, 0.4) is 0 Å². The first-order valence-corrected chi connectivity index (χ1v) is 10.4. The van der Waals surface area contributed by atoms with Gasteiger partial charge in [-0.15, -0.1) is 0 Å². The number of urea groups is 1. The molecule has 0 unspecified atom stereocenters. The van der Waals surface area contributed by atoms with Gasteiger partial charge in [-0.05, 0) is 25.0 Å². The average molecular weight is 410 g/mol. The summed E-state index contributed by atoms with van der Waals surface area (Å²) < 4.78 is 0. The summed E-state index contributed by atoms with van der Waals surface area (Å²) in [4.78, 5) is 43.2. The van der Waals surface area contributed by atoms with E-state index in [1.165, 1.54) is 4.90 Å². The Bertz CT molecular complexity index is 977. The van der Waals surface area contributed by atoms with Crippen LogP contribution in [0, 0.1) is 0 Å². The van der Waals surface area contributed by atoms with Gasteiger partial charge in [0.25, 0.3) is 5.91 Å². The lowest BCUT2D eigenvalue weighted by atomic mass is 9.98. The molecule has 9 nitrogen and oxygen atoms in total. The van der Waals surface area contributed by atoms with E-state index in [0.29, 0.717) is 29.9 Å². The first-order chi connectivity index (χ1) is 14.4. The molecule has 3 N–H and O–H groups in total. The smallest absolute Gasteiger partial charge is 0.325 e. The highest BCUT2D eigenvalue weighted by atomic mass is 16.2. The van der Waals surface area contributed by atoms with Gasteiger partial charge in [-0.3, -0.25) is 19.6 Å². The summed E-state index contributed by atoms with van der Waals surface area (Å²) in [7, 11) is 0. The second-order valence-electron chi connectivity index (χ2n) is 8.22. The van der Waals surface area contributed by atoms with Crippen LogP contribution in [0.5, 0.6) is 0 Å². The number of imide groups is 1. The summed E-state index contributed by atoms with van der Waals surface area (Å²) in [6.07, 6.45) is 3.22. The number of amides is 4. The van der Waals surface area contributed by atoms with Crippen molar-refractivity contribution in [2.45, 2.75) is 57.4 Å². The minimum absolute atomic E-state index is 0.0226. The minimum atomic E-state index is -0.750. The van der Waals surface area contributed by atoms with Gasteiger partial charge in [0.15, 0.2) is 5.82 Å². The average Bonchev–Trinajstić information content (AvgIpc) is 3.43. The standard InChI is InChI=1S/C21H26N6O3/c1-13(2)17-23-18(26-25-17)14-7-3-4-8-15(14)22-16(28)9-12-27-19(29)21(24-20(27)30)10-5-6-11-21/h3-4,7-8,13H,5-6,9-12H2,1-2H3,(H,22,28)(H,24,30)(H,23,25,26). The summed E-state index contributed by atoms with van der Waals surface area (Å²) in [5.41, 5.74) is 0.537. The van der Waals surface area contributed by atoms with Gasteiger partial charge in [0.05, 0.1) is 5.69 Å². The van der Waals surface area contributed by atoms with Crippen LogP contribution in [0.15, 0.2) is 24.3 Å². The van der Waals surface area contributed by atoms with Gasteiger partial charge in [0.2, 0.25) is 5.91 Å². The van der Waals surface area contributed by atoms with E-state index in [0.717, 1.165) is 18.7 Å². The van der Waals surface area contributed by atoms with Crippen molar-refractivity contribution >= 4 is 23.5 Å². The Morgan fingerprint density at radius 3 is 2.67 bits per heavy atom. The normalized spacial score (nSPS) is 17.8. The van der Waals surface area contributed by atoms with Crippen molar-refractivity contribution in [3.8, 4) is 11.4 Å². The molecule has 1 saturated heterocycles. The first-order valence-electron chi connectivity index (χ1n) is 10.4. The van der Waals surface area contributed by atoms with E-state index in [1.807, 2.05) is 32.0 Å². The Morgan fingerprint density at radius 1 is 1.23 bits per heavy atom. The molecule has 2 fully saturated rings. The molecule has 1 aliphatic heterocycles. The third kappa shape index (κ3) is 3.67. The Kier molecular flexibility index (Phi) is 5.27. The van der Waals surface area contributed by atoms with Crippen molar-refractivity contribution in [3.05, 3.63) is 30.1 Å². The van der Waals surface area contributed by atoms with Crippen LogP contribution in [-0.2, 0) is 9.59 Å². The maximum Gasteiger partial charge on any atom is 0.325 e. The zero-order valence-electron chi connectivity index (χ0n) is 17.2. The molecule has 1 spiro atoms. The molecule has 1 aliphatic carbocycles. The van der Waals surface area contributed by atoms with Crippen molar-refractivity contribution in [2.75, 3.05) is 11.9 Å². The highest BCUT2D eigenvalue weighted by molar-refractivity contribution is 6.07. The lowest BCUT2D eigenvalue weighted by Gasteiger charge is -2.20. The molecule has 158 valence electrons. The largest absolute Gasteiger partial charge is 0.325 e. The number of aromatic amines is 1. The molecule has 1 saturated carbocycles. The van der Waals surface area contributed by atoms with E-state index in [4.69, 9.17) is 0 Å². The van der Waals surface area contributed by atoms with E-state index in [9.17, 15) is 14.4 Å². The van der Waals surface area contributed by atoms with Gasteiger partial charge >= 0.3 is 6.03 Å². The SMILES string of the molecule is CC(C)c1nc(-c2ccccc2NC(=O)CCN2C(=O)NC3(CCCC3)C2=O)n[nH]1. The molecule has 2 aromatic rings. The number of carbonyl (C=O) groups excluding carboxylic acids is 3. The van der Waals surface area contributed by atoms with Crippen molar-refractivity contribution in [2.24, 2.45) is 0 Å². The van der Waals surface area contributed by atoms with Crippen molar-refractivity contribution in [3.63, 3.8) is 0 Å². The van der Waals surface area contributed by atoms with E-state index in [1.54, 1.807) is 6.07 Å². The summed E-state index contributed by atoms with van der Waals surface area (Å²) in [5, 5.41) is 12.9. The summed E-state index contributed by atoms with van der Waals surface area (Å²) in [5.74, 6) is 0.993. The number of H-pyrrole nitrogens is 1. The number of hydrogen-bond donors (Lipinski definition) is 3. The van der Waals surface area contributed by atoms with Crippen LogP contribution in [0.4, 0.5) is 10.5 Å². The number of anilines is 1. The molecule has 4 rings (SSSR count). The van der Waals surface area contributed by atoms with E-state index >= 15 is 0 Å². The molecule has 1 aromatic carbocycles. The van der Waals surface area contributed by atoms with Gasteiger partial charge in [-0.25, -0.2) is 9.78 Å². The second-order valence-corrected chi connectivity index (χ2v) is 8.22. The molecule has 30 heavy (non-hydrogen) atoms. The van der Waals surface area contributed by atoms with E-state index < -0.39 is 11.6 Å². The van der Waals surface area contributed by atoms with E-state index in [2.05, 4.69) is 25.8 Å². The van der Waals surface area contributed by atoms with Crippen LogP contribution >= 0.6 is 0 Å². The molecule has 0 radical (unpaired) electrons. The number of para-hydroxylation sites is 1. The third-order valence-electron chi connectivity index (χ3n) is 5.76. The summed E-state index contributed by atoms with van der Waals surface area (Å²) >= 11 is 0. The topological polar surface area (TPSA) is 120 Å². The molecule has 1 aromatic heterocycles. The maximum absolute atomic E-state index is 12.7. The van der Waals surface area contributed by atoms with Crippen LogP contribution in [0.1, 0.15) is 57.7 Å². The molecule has 2 heterocycles. The lowest BCUT2D eigenvalue weighted by Crippen LogP contribution is -2.44. The molecule has 4 amide bonds. The maximum atomic E-state index is 12.7. The Balaban J connectivity index is 1.41. The predicted octanol–water partition coefficient (Wildman–Crippen LogP) is 2.79. The molecule has 0 bridgehead atoms. The fourth-order valence-corrected chi connectivity index (χ4v) is 4.06. The Morgan fingerprint density at radius 2 is 1.97 bits per heavy atom. The summed E-state index contributed by atoms with van der Waals surface area (Å²) in [6, 6.07) is 6.88. The van der Waals surface area contributed by atoms with Crippen molar-refractivity contribution in [1.82, 2.24) is 25.4 Å². The fourth-order valence-electron chi connectivity index (χ4n) is 4.06. The van der Waals surface area contributed by atoms with Gasteiger partial charge in [0.1, 0.15) is 11.4 Å². The Labute approximate surface area is 174 Å². The molecule has 0 atom stereocenters. The van der Waals surface area contributed by atoms with Crippen LogP contribution < -0.4 is 10.6 Å². The minimum Gasteiger partial charge on any atom is -0.325 e.